The van der Waals surface area contributed by atoms with Gasteiger partial charge in [0.25, 0.3) is 0 Å². The summed E-state index contributed by atoms with van der Waals surface area (Å²) in [6, 6.07) is 7.18. The van der Waals surface area contributed by atoms with Gasteiger partial charge in [0.2, 0.25) is 0 Å². The fourth-order valence-electron chi connectivity index (χ4n) is 2.05. The Morgan fingerprint density at radius 2 is 1.62 bits per heavy atom. The van der Waals surface area contributed by atoms with Crippen molar-refractivity contribution in [3.8, 4) is 5.75 Å². The number of hydrogen-bond donors (Lipinski definition) is 0. The zero-order valence-electron chi connectivity index (χ0n) is 13.3. The van der Waals surface area contributed by atoms with Gasteiger partial charge in [-0.1, -0.05) is 13.5 Å². The molecule has 0 bridgehead atoms. The average Bonchev–Trinajstić information content (AvgIpc) is 2.47. The molecule has 0 atom stereocenters. The van der Waals surface area contributed by atoms with Crippen LogP contribution in [0.25, 0.3) is 0 Å². The van der Waals surface area contributed by atoms with Crippen molar-refractivity contribution in [1.29, 1.82) is 0 Å². The Morgan fingerprint density at radius 3 is 2.00 bits per heavy atom. The van der Waals surface area contributed by atoms with Crippen LogP contribution in [0.5, 0.6) is 5.75 Å². The second-order valence-corrected chi connectivity index (χ2v) is 4.67. The first-order valence-electron chi connectivity index (χ1n) is 7.25. The summed E-state index contributed by atoms with van der Waals surface area (Å²) in [4.78, 5) is 11.5. The van der Waals surface area contributed by atoms with Crippen LogP contribution in [0.4, 0.5) is 0 Å². The molecule has 0 spiro atoms. The van der Waals surface area contributed by atoms with Crippen LogP contribution in [0.2, 0.25) is 0 Å². The number of ether oxygens (including phenoxy) is 3. The quantitative estimate of drug-likeness (QED) is 0.316. The first kappa shape index (κ1) is 17.4. The fraction of sp³-hybridized carbons (Fsp3) is 0.471. The highest BCUT2D eigenvalue weighted by atomic mass is 16.7. The molecule has 1 rings (SSSR count). The van der Waals surface area contributed by atoms with Gasteiger partial charge in [0.05, 0.1) is 0 Å². The molecule has 0 radical (unpaired) electrons. The molecule has 0 unspecified atom stereocenters. The summed E-state index contributed by atoms with van der Waals surface area (Å²) in [5, 5.41) is 0. The third-order valence-corrected chi connectivity index (χ3v) is 3.07. The Bertz CT molecular complexity index is 470. The predicted molar refractivity (Wildman–Crippen MR) is 82.1 cm³/mol. The molecule has 4 nitrogen and oxygen atoms in total. The maximum absolute atomic E-state index is 11.5. The van der Waals surface area contributed by atoms with E-state index in [1.165, 1.54) is 0 Å². The van der Waals surface area contributed by atoms with Crippen LogP contribution in [0.15, 0.2) is 36.4 Å². The number of carbonyl (C=O) groups is 1. The summed E-state index contributed by atoms with van der Waals surface area (Å²) in [5.74, 6) is -0.704. The smallest absolute Gasteiger partial charge is 0.338 e. The minimum absolute atomic E-state index is 0.366. The maximum atomic E-state index is 11.5. The topological polar surface area (TPSA) is 44.8 Å². The number of benzene rings is 1. The van der Waals surface area contributed by atoms with Gasteiger partial charge >= 0.3 is 5.97 Å². The van der Waals surface area contributed by atoms with Crippen LogP contribution in [0.1, 0.15) is 39.7 Å². The molecule has 0 N–H and O–H groups in total. The number of rotatable bonds is 8. The molecular weight excluding hydrogens is 268 g/mol. The normalized spacial score (nSPS) is 11.2. The van der Waals surface area contributed by atoms with E-state index in [1.807, 2.05) is 32.9 Å². The van der Waals surface area contributed by atoms with Gasteiger partial charge in [0.15, 0.2) is 5.79 Å². The van der Waals surface area contributed by atoms with Gasteiger partial charge in [0.1, 0.15) is 5.75 Å². The SMILES string of the molecule is C=C(C)C(=O)Oc1ccc(C(CC)(OCC)OCC)cc1. The van der Waals surface area contributed by atoms with Crippen molar-refractivity contribution in [2.24, 2.45) is 0 Å². The van der Waals surface area contributed by atoms with E-state index in [0.717, 1.165) is 5.56 Å². The fourth-order valence-corrected chi connectivity index (χ4v) is 2.05. The third-order valence-electron chi connectivity index (χ3n) is 3.07. The van der Waals surface area contributed by atoms with E-state index in [2.05, 4.69) is 6.58 Å². The van der Waals surface area contributed by atoms with Crippen LogP contribution >= 0.6 is 0 Å². The molecule has 0 aliphatic heterocycles. The molecule has 0 aliphatic rings. The number of carbonyl (C=O) groups excluding carboxylic acids is 1. The van der Waals surface area contributed by atoms with Gasteiger partial charge in [-0.25, -0.2) is 4.79 Å². The van der Waals surface area contributed by atoms with Crippen molar-refractivity contribution >= 4 is 5.97 Å². The molecule has 1 aromatic carbocycles. The zero-order chi connectivity index (χ0) is 15.9. The predicted octanol–water partition coefficient (Wildman–Crippen LogP) is 3.80. The van der Waals surface area contributed by atoms with Gasteiger partial charge < -0.3 is 14.2 Å². The summed E-state index contributed by atoms with van der Waals surface area (Å²) in [6.45, 7) is 12.2. The van der Waals surface area contributed by atoms with Crippen LogP contribution < -0.4 is 4.74 Å². The lowest BCUT2D eigenvalue weighted by Gasteiger charge is -2.32. The number of esters is 1. The molecule has 0 amide bonds. The van der Waals surface area contributed by atoms with E-state index in [4.69, 9.17) is 14.2 Å². The minimum atomic E-state index is -0.750. The zero-order valence-corrected chi connectivity index (χ0v) is 13.3. The summed E-state index contributed by atoms with van der Waals surface area (Å²) in [7, 11) is 0. The van der Waals surface area contributed by atoms with Crippen molar-refractivity contribution in [1.82, 2.24) is 0 Å². The average molecular weight is 292 g/mol. The molecule has 4 heteroatoms. The van der Waals surface area contributed by atoms with E-state index in [0.29, 0.717) is 31.0 Å². The summed E-state index contributed by atoms with van der Waals surface area (Å²) in [6.07, 6.45) is 0.694. The van der Waals surface area contributed by atoms with E-state index >= 15 is 0 Å². The Morgan fingerprint density at radius 1 is 1.10 bits per heavy atom. The molecule has 0 aliphatic carbocycles. The third kappa shape index (κ3) is 4.41. The van der Waals surface area contributed by atoms with Crippen LogP contribution in [-0.4, -0.2) is 19.2 Å². The van der Waals surface area contributed by atoms with Gasteiger partial charge in [-0.05, 0) is 45.0 Å². The summed E-state index contributed by atoms with van der Waals surface area (Å²) in [5.41, 5.74) is 1.27. The van der Waals surface area contributed by atoms with Crippen molar-refractivity contribution < 1.29 is 19.0 Å². The van der Waals surface area contributed by atoms with Crippen LogP contribution in [0, 0.1) is 0 Å². The molecule has 0 saturated carbocycles. The summed E-state index contributed by atoms with van der Waals surface area (Å²) >= 11 is 0. The van der Waals surface area contributed by atoms with Crippen LogP contribution in [-0.2, 0) is 20.1 Å². The lowest BCUT2D eigenvalue weighted by molar-refractivity contribution is -0.244. The van der Waals surface area contributed by atoms with E-state index in [9.17, 15) is 4.79 Å². The molecule has 0 saturated heterocycles. The van der Waals surface area contributed by atoms with E-state index < -0.39 is 11.8 Å². The van der Waals surface area contributed by atoms with Crippen LogP contribution in [0.3, 0.4) is 0 Å². The highest BCUT2D eigenvalue weighted by Crippen LogP contribution is 2.32. The van der Waals surface area contributed by atoms with Gasteiger partial charge in [-0.2, -0.15) is 0 Å². The van der Waals surface area contributed by atoms with E-state index in [-0.39, 0.29) is 0 Å². The van der Waals surface area contributed by atoms with E-state index in [1.54, 1.807) is 19.1 Å². The molecule has 0 fully saturated rings. The molecular formula is C17H24O4. The van der Waals surface area contributed by atoms with Crippen molar-refractivity contribution in [2.45, 2.75) is 39.9 Å². The second kappa shape index (κ2) is 7.96. The first-order chi connectivity index (χ1) is 9.99. The first-order valence-corrected chi connectivity index (χ1v) is 7.25. The Kier molecular flexibility index (Phi) is 6.59. The molecule has 1 aromatic rings. The van der Waals surface area contributed by atoms with Crippen molar-refractivity contribution in [3.05, 3.63) is 42.0 Å². The molecule has 21 heavy (non-hydrogen) atoms. The monoisotopic (exact) mass is 292 g/mol. The molecule has 116 valence electrons. The Labute approximate surface area is 126 Å². The largest absolute Gasteiger partial charge is 0.423 e. The molecule has 0 heterocycles. The van der Waals surface area contributed by atoms with Crippen molar-refractivity contribution in [3.63, 3.8) is 0 Å². The van der Waals surface area contributed by atoms with Gasteiger partial charge in [-0.15, -0.1) is 0 Å². The van der Waals surface area contributed by atoms with Crippen molar-refractivity contribution in [2.75, 3.05) is 13.2 Å². The summed E-state index contributed by atoms with van der Waals surface area (Å²) < 4.78 is 16.8. The molecule has 0 aromatic heterocycles. The number of hydrogen-bond acceptors (Lipinski definition) is 4. The Balaban J connectivity index is 2.97. The Hall–Kier alpha value is -1.65. The maximum Gasteiger partial charge on any atom is 0.338 e. The minimum Gasteiger partial charge on any atom is -0.423 e. The standard InChI is InChI=1S/C17H24O4/c1-6-17(19-7-2,20-8-3)14-9-11-15(12-10-14)21-16(18)13(4)5/h9-12H,4,6-8H2,1-3,5H3. The second-order valence-electron chi connectivity index (χ2n) is 4.67. The van der Waals surface area contributed by atoms with Gasteiger partial charge in [0, 0.05) is 30.8 Å². The van der Waals surface area contributed by atoms with Gasteiger partial charge in [-0.3, -0.25) is 0 Å². The lowest BCUT2D eigenvalue weighted by atomic mass is 10.0. The lowest BCUT2D eigenvalue weighted by Crippen LogP contribution is -2.32. The highest BCUT2D eigenvalue weighted by Gasteiger charge is 2.31. The highest BCUT2D eigenvalue weighted by molar-refractivity contribution is 5.88.